The van der Waals surface area contributed by atoms with Gasteiger partial charge in [-0.15, -0.1) is 11.3 Å². The van der Waals surface area contributed by atoms with Gasteiger partial charge in [0.15, 0.2) is 6.61 Å². The first-order valence-corrected chi connectivity index (χ1v) is 6.40. The van der Waals surface area contributed by atoms with Crippen molar-refractivity contribution in [3.8, 4) is 0 Å². The smallest absolute Gasteiger partial charge is 0.348 e. The number of nitrogens with one attached hydrogen (secondary N) is 1. The molecule has 2 rings (SSSR count). The molecule has 0 saturated heterocycles. The molecule has 2 aromatic rings. The molecule has 1 heterocycles. The lowest BCUT2D eigenvalue weighted by Gasteiger charge is -2.06. The molecule has 4 nitrogen and oxygen atoms in total. The number of halogens is 2. The first-order valence-electron chi connectivity index (χ1n) is 5.52. The maximum Gasteiger partial charge on any atom is 0.348 e. The van der Waals surface area contributed by atoms with Crippen LogP contribution in [0.15, 0.2) is 35.7 Å². The third-order valence-electron chi connectivity index (χ3n) is 2.26. The number of ether oxygens (including phenoxy) is 1. The number of rotatable bonds is 4. The summed E-state index contributed by atoms with van der Waals surface area (Å²) in [6, 6.07) is 5.98. The molecule has 20 heavy (non-hydrogen) atoms. The molecule has 104 valence electrons. The number of esters is 1. The molecule has 1 aromatic heterocycles. The first kappa shape index (κ1) is 14.1. The van der Waals surface area contributed by atoms with E-state index in [0.717, 1.165) is 12.1 Å². The van der Waals surface area contributed by atoms with Crippen LogP contribution in [0.1, 0.15) is 9.67 Å². The van der Waals surface area contributed by atoms with Crippen LogP contribution in [-0.4, -0.2) is 18.5 Å². The number of benzene rings is 1. The number of carbonyl (C=O) groups excluding carboxylic acids is 2. The number of hydrogen-bond donors (Lipinski definition) is 1. The van der Waals surface area contributed by atoms with Crippen molar-refractivity contribution in [2.75, 3.05) is 11.9 Å². The van der Waals surface area contributed by atoms with Gasteiger partial charge in [-0.2, -0.15) is 0 Å². The Hall–Kier alpha value is -2.28. The lowest BCUT2D eigenvalue weighted by molar-refractivity contribution is -0.119. The van der Waals surface area contributed by atoms with Crippen molar-refractivity contribution in [2.45, 2.75) is 0 Å². The van der Waals surface area contributed by atoms with Crippen molar-refractivity contribution in [1.82, 2.24) is 0 Å². The van der Waals surface area contributed by atoms with Gasteiger partial charge in [-0.3, -0.25) is 4.79 Å². The normalized spacial score (nSPS) is 10.1. The van der Waals surface area contributed by atoms with E-state index in [1.54, 1.807) is 17.5 Å². The number of carbonyl (C=O) groups is 2. The highest BCUT2D eigenvalue weighted by atomic mass is 32.1. The van der Waals surface area contributed by atoms with Crippen LogP contribution in [0.2, 0.25) is 0 Å². The van der Waals surface area contributed by atoms with E-state index in [1.807, 2.05) is 0 Å². The molecule has 0 unspecified atom stereocenters. The lowest BCUT2D eigenvalue weighted by Crippen LogP contribution is -2.21. The molecule has 0 aliphatic carbocycles. The van der Waals surface area contributed by atoms with E-state index in [-0.39, 0.29) is 5.69 Å². The zero-order chi connectivity index (χ0) is 14.5. The number of hydrogen-bond acceptors (Lipinski definition) is 4. The van der Waals surface area contributed by atoms with E-state index in [0.29, 0.717) is 10.9 Å². The van der Waals surface area contributed by atoms with Crippen LogP contribution >= 0.6 is 11.3 Å². The Balaban J connectivity index is 1.88. The summed E-state index contributed by atoms with van der Waals surface area (Å²) in [6.07, 6.45) is 0. The molecule has 7 heteroatoms. The summed E-state index contributed by atoms with van der Waals surface area (Å²) in [5.74, 6) is -2.98. The second kappa shape index (κ2) is 6.25. The van der Waals surface area contributed by atoms with Crippen molar-refractivity contribution in [2.24, 2.45) is 0 Å². The quantitative estimate of drug-likeness (QED) is 0.883. The minimum atomic E-state index is -0.900. The van der Waals surface area contributed by atoms with E-state index in [9.17, 15) is 18.4 Å². The fourth-order valence-corrected chi connectivity index (χ4v) is 1.99. The van der Waals surface area contributed by atoms with Crippen LogP contribution in [0, 0.1) is 11.6 Å². The Morgan fingerprint density at radius 1 is 1.25 bits per heavy atom. The topological polar surface area (TPSA) is 55.4 Å². The Bertz CT molecular complexity index is 629. The summed E-state index contributed by atoms with van der Waals surface area (Å²) in [5.41, 5.74) is -0.177. The molecule has 1 amide bonds. The third-order valence-corrected chi connectivity index (χ3v) is 3.11. The van der Waals surface area contributed by atoms with Crippen molar-refractivity contribution >= 4 is 28.9 Å². The number of anilines is 1. The van der Waals surface area contributed by atoms with Gasteiger partial charge in [0.25, 0.3) is 5.91 Å². The van der Waals surface area contributed by atoms with Gasteiger partial charge < -0.3 is 10.1 Å². The Kier molecular flexibility index (Phi) is 4.41. The van der Waals surface area contributed by atoms with Gasteiger partial charge in [0, 0.05) is 6.07 Å². The lowest BCUT2D eigenvalue weighted by atomic mass is 10.3. The summed E-state index contributed by atoms with van der Waals surface area (Å²) < 4.78 is 30.7. The highest BCUT2D eigenvalue weighted by Crippen LogP contribution is 2.15. The predicted octanol–water partition coefficient (Wildman–Crippen LogP) is 2.82. The Labute approximate surface area is 117 Å². The zero-order valence-corrected chi connectivity index (χ0v) is 10.9. The monoisotopic (exact) mass is 297 g/mol. The minimum absolute atomic E-state index is 0.177. The highest BCUT2D eigenvalue weighted by Gasteiger charge is 2.12. The maximum absolute atomic E-state index is 13.3. The maximum atomic E-state index is 13.3. The van der Waals surface area contributed by atoms with Crippen LogP contribution in [0.25, 0.3) is 0 Å². The molecule has 0 radical (unpaired) electrons. The summed E-state index contributed by atoms with van der Waals surface area (Å²) in [5, 5.41) is 3.88. The molecule has 0 bridgehead atoms. The average Bonchev–Trinajstić information content (AvgIpc) is 2.93. The molecule has 1 aromatic carbocycles. The van der Waals surface area contributed by atoms with Crippen molar-refractivity contribution < 1.29 is 23.1 Å². The first-order chi connectivity index (χ1) is 9.56. The van der Waals surface area contributed by atoms with Crippen LogP contribution in [0.3, 0.4) is 0 Å². The van der Waals surface area contributed by atoms with Gasteiger partial charge >= 0.3 is 5.97 Å². The zero-order valence-electron chi connectivity index (χ0n) is 10.1. The molecular weight excluding hydrogens is 288 g/mol. The molecule has 0 atom stereocenters. The van der Waals surface area contributed by atoms with Gasteiger partial charge in [-0.25, -0.2) is 13.6 Å². The SMILES string of the molecule is O=C(COC(=O)c1cccs1)Nc1ccc(F)cc1F. The number of amides is 1. The second-order valence-electron chi connectivity index (χ2n) is 3.73. The Morgan fingerprint density at radius 2 is 2.05 bits per heavy atom. The van der Waals surface area contributed by atoms with Crippen LogP contribution in [-0.2, 0) is 9.53 Å². The number of thiophene rings is 1. The van der Waals surface area contributed by atoms with E-state index in [2.05, 4.69) is 5.32 Å². The molecule has 0 aliphatic heterocycles. The largest absolute Gasteiger partial charge is 0.451 e. The highest BCUT2D eigenvalue weighted by molar-refractivity contribution is 7.11. The average molecular weight is 297 g/mol. The van der Waals surface area contributed by atoms with Gasteiger partial charge in [-0.1, -0.05) is 6.07 Å². The summed E-state index contributed by atoms with van der Waals surface area (Å²) in [6.45, 7) is -0.548. The molecule has 0 spiro atoms. The van der Waals surface area contributed by atoms with Gasteiger partial charge in [0.05, 0.1) is 5.69 Å². The Morgan fingerprint density at radius 3 is 2.70 bits per heavy atom. The fourth-order valence-electron chi connectivity index (χ4n) is 1.37. The van der Waals surface area contributed by atoms with Crippen molar-refractivity contribution in [1.29, 1.82) is 0 Å². The van der Waals surface area contributed by atoms with E-state index < -0.39 is 30.1 Å². The minimum Gasteiger partial charge on any atom is -0.451 e. The molecule has 0 aliphatic rings. The van der Waals surface area contributed by atoms with Crippen molar-refractivity contribution in [3.63, 3.8) is 0 Å². The van der Waals surface area contributed by atoms with E-state index in [1.165, 1.54) is 11.3 Å². The van der Waals surface area contributed by atoms with Gasteiger partial charge in [0.1, 0.15) is 16.5 Å². The third kappa shape index (κ3) is 3.61. The fraction of sp³-hybridized carbons (Fsp3) is 0.0769. The predicted molar refractivity (Wildman–Crippen MR) is 69.6 cm³/mol. The molecular formula is C13H9F2NO3S. The van der Waals surface area contributed by atoms with Gasteiger partial charge in [0.2, 0.25) is 0 Å². The van der Waals surface area contributed by atoms with Gasteiger partial charge in [-0.05, 0) is 23.6 Å². The van der Waals surface area contributed by atoms with Crippen LogP contribution in [0.5, 0.6) is 0 Å². The van der Waals surface area contributed by atoms with E-state index in [4.69, 9.17) is 4.74 Å². The van der Waals surface area contributed by atoms with Crippen LogP contribution < -0.4 is 5.32 Å². The molecule has 1 N–H and O–H groups in total. The second-order valence-corrected chi connectivity index (χ2v) is 4.67. The van der Waals surface area contributed by atoms with E-state index >= 15 is 0 Å². The standard InChI is InChI=1S/C13H9F2NO3S/c14-8-3-4-10(9(15)6-8)16-12(17)7-19-13(18)11-2-1-5-20-11/h1-6H,7H2,(H,16,17). The van der Waals surface area contributed by atoms with Crippen LogP contribution in [0.4, 0.5) is 14.5 Å². The summed E-state index contributed by atoms with van der Waals surface area (Å²) >= 11 is 1.18. The summed E-state index contributed by atoms with van der Waals surface area (Å²) in [4.78, 5) is 23.3. The molecule has 0 saturated carbocycles. The van der Waals surface area contributed by atoms with Crippen molar-refractivity contribution in [3.05, 3.63) is 52.2 Å². The molecule has 0 fully saturated rings. The summed E-state index contributed by atoms with van der Waals surface area (Å²) in [7, 11) is 0.